The topological polar surface area (TPSA) is 41.5 Å². The number of benzene rings is 1. The first kappa shape index (κ1) is 16.7. The van der Waals surface area contributed by atoms with Crippen LogP contribution in [0.15, 0.2) is 30.3 Å². The summed E-state index contributed by atoms with van der Waals surface area (Å²) in [6.07, 6.45) is 0. The van der Waals surface area contributed by atoms with Crippen molar-refractivity contribution in [2.75, 3.05) is 31.3 Å². The summed E-state index contributed by atoms with van der Waals surface area (Å²) in [6, 6.07) is 10.3. The lowest BCUT2D eigenvalue weighted by molar-refractivity contribution is 0.0376. The molecule has 3 heterocycles. The van der Waals surface area contributed by atoms with Crippen molar-refractivity contribution in [3.63, 3.8) is 0 Å². The Hall–Kier alpha value is -1.73. The second-order valence-corrected chi connectivity index (χ2v) is 7.53. The van der Waals surface area contributed by atoms with Gasteiger partial charge in [0, 0.05) is 18.0 Å². The van der Waals surface area contributed by atoms with Gasteiger partial charge in [0.25, 0.3) is 0 Å². The molecule has 0 amide bonds. The molecule has 0 N–H and O–H groups in total. The number of hydrogen-bond donors (Lipinski definition) is 0. The Bertz CT molecular complexity index is 893. The molecule has 130 valence electrons. The van der Waals surface area contributed by atoms with Crippen molar-refractivity contribution >= 4 is 44.7 Å². The molecule has 5 nitrogen and oxygen atoms in total. The molecule has 0 saturated carbocycles. The number of anilines is 2. The number of ether oxygens (including phenoxy) is 1. The summed E-state index contributed by atoms with van der Waals surface area (Å²) in [5.74, 6) is 0.838. The van der Waals surface area contributed by atoms with Crippen molar-refractivity contribution in [1.82, 2.24) is 15.0 Å². The summed E-state index contributed by atoms with van der Waals surface area (Å²) >= 11 is 7.93. The van der Waals surface area contributed by atoms with Crippen LogP contribution in [0.1, 0.15) is 10.4 Å². The van der Waals surface area contributed by atoms with Crippen molar-refractivity contribution in [1.29, 1.82) is 0 Å². The van der Waals surface area contributed by atoms with E-state index < -0.39 is 0 Å². The first-order valence-electron chi connectivity index (χ1n) is 8.26. The van der Waals surface area contributed by atoms with Crippen molar-refractivity contribution in [2.45, 2.75) is 13.8 Å². The fourth-order valence-corrected chi connectivity index (χ4v) is 4.34. The van der Waals surface area contributed by atoms with E-state index in [9.17, 15) is 0 Å². The average molecular weight is 375 g/mol. The van der Waals surface area contributed by atoms with Crippen LogP contribution in [-0.4, -0.2) is 41.3 Å². The summed E-state index contributed by atoms with van der Waals surface area (Å²) in [4.78, 5) is 11.2. The number of aromatic nitrogens is 2. The summed E-state index contributed by atoms with van der Waals surface area (Å²) in [7, 11) is 0. The molecule has 7 heteroatoms. The van der Waals surface area contributed by atoms with Crippen molar-refractivity contribution in [3.05, 3.63) is 46.1 Å². The molecule has 3 aromatic rings. The third kappa shape index (κ3) is 3.11. The number of fused-ring (bicyclic) bond motifs is 1. The van der Waals surface area contributed by atoms with Gasteiger partial charge < -0.3 is 4.74 Å². The second kappa shape index (κ2) is 6.88. The van der Waals surface area contributed by atoms with Crippen LogP contribution in [0.2, 0.25) is 5.28 Å². The Morgan fingerprint density at radius 2 is 1.84 bits per heavy atom. The third-order valence-electron chi connectivity index (χ3n) is 4.45. The minimum Gasteiger partial charge on any atom is -0.379 e. The number of aryl methyl sites for hydroxylation is 2. The Kier molecular flexibility index (Phi) is 4.60. The Balaban J connectivity index is 1.94. The zero-order chi connectivity index (χ0) is 17.4. The quantitative estimate of drug-likeness (QED) is 0.637. The van der Waals surface area contributed by atoms with Crippen LogP contribution in [0, 0.1) is 13.8 Å². The minimum atomic E-state index is 0.276. The molecule has 1 aromatic carbocycles. The number of nitrogens with zero attached hydrogens (tertiary/aromatic N) is 4. The van der Waals surface area contributed by atoms with Crippen LogP contribution in [0.4, 0.5) is 11.5 Å². The van der Waals surface area contributed by atoms with E-state index in [0.717, 1.165) is 34.8 Å². The van der Waals surface area contributed by atoms with Gasteiger partial charge in [0.2, 0.25) is 5.28 Å². The highest BCUT2D eigenvalue weighted by atomic mass is 35.5. The number of thiophene rings is 1. The molecule has 1 aliphatic rings. The van der Waals surface area contributed by atoms with Gasteiger partial charge in [-0.1, -0.05) is 18.2 Å². The van der Waals surface area contributed by atoms with Crippen LogP contribution >= 0.6 is 22.9 Å². The van der Waals surface area contributed by atoms with E-state index in [0.29, 0.717) is 13.2 Å². The lowest BCUT2D eigenvalue weighted by Gasteiger charge is -2.38. The maximum absolute atomic E-state index is 6.27. The van der Waals surface area contributed by atoms with Gasteiger partial charge in [-0.3, -0.25) is 5.01 Å². The highest BCUT2D eigenvalue weighted by Crippen LogP contribution is 2.39. The number of morpholine rings is 1. The summed E-state index contributed by atoms with van der Waals surface area (Å²) in [5, 5.41) is 5.78. The Morgan fingerprint density at radius 3 is 2.56 bits per heavy atom. The largest absolute Gasteiger partial charge is 0.379 e. The number of hydrogen-bond acceptors (Lipinski definition) is 6. The molecule has 1 saturated heterocycles. The highest BCUT2D eigenvalue weighted by Gasteiger charge is 2.26. The van der Waals surface area contributed by atoms with E-state index in [4.69, 9.17) is 16.3 Å². The van der Waals surface area contributed by atoms with E-state index in [-0.39, 0.29) is 5.28 Å². The fourth-order valence-electron chi connectivity index (χ4n) is 3.10. The molecule has 0 spiro atoms. The Labute approximate surface area is 155 Å². The summed E-state index contributed by atoms with van der Waals surface area (Å²) < 4.78 is 5.54. The normalized spacial score (nSPS) is 15.6. The smallest absolute Gasteiger partial charge is 0.225 e. The molecule has 25 heavy (non-hydrogen) atoms. The van der Waals surface area contributed by atoms with Gasteiger partial charge in [-0.25, -0.2) is 9.99 Å². The van der Waals surface area contributed by atoms with Gasteiger partial charge in [-0.15, -0.1) is 11.3 Å². The van der Waals surface area contributed by atoms with Gasteiger partial charge in [0.15, 0.2) is 5.82 Å². The van der Waals surface area contributed by atoms with Crippen LogP contribution in [0.3, 0.4) is 0 Å². The molecule has 0 unspecified atom stereocenters. The standard InChI is InChI=1S/C18H19ClN4OS/c1-12-13(2)25-17-15(12)16(20-18(19)21-17)23(14-6-4-3-5-7-14)22-8-10-24-11-9-22/h3-7H,8-11H2,1-2H3. The predicted molar refractivity (Wildman–Crippen MR) is 103 cm³/mol. The molecule has 0 bridgehead atoms. The monoisotopic (exact) mass is 374 g/mol. The van der Waals surface area contributed by atoms with Gasteiger partial charge in [0.1, 0.15) is 4.83 Å². The Morgan fingerprint density at radius 1 is 1.12 bits per heavy atom. The van der Waals surface area contributed by atoms with Crippen molar-refractivity contribution in [3.8, 4) is 0 Å². The first-order valence-corrected chi connectivity index (χ1v) is 9.45. The van der Waals surface area contributed by atoms with Crippen LogP contribution < -0.4 is 5.01 Å². The van der Waals surface area contributed by atoms with E-state index >= 15 is 0 Å². The highest BCUT2D eigenvalue weighted by molar-refractivity contribution is 7.18. The van der Waals surface area contributed by atoms with E-state index in [1.54, 1.807) is 11.3 Å². The minimum absolute atomic E-state index is 0.276. The molecular weight excluding hydrogens is 356 g/mol. The van der Waals surface area contributed by atoms with Gasteiger partial charge in [-0.2, -0.15) is 4.98 Å². The lowest BCUT2D eigenvalue weighted by Crippen LogP contribution is -2.47. The number of halogens is 1. The van der Waals surface area contributed by atoms with Crippen LogP contribution in [-0.2, 0) is 4.74 Å². The van der Waals surface area contributed by atoms with E-state index in [2.05, 4.69) is 46.0 Å². The molecule has 0 aliphatic carbocycles. The molecular formula is C18H19ClN4OS. The zero-order valence-corrected chi connectivity index (χ0v) is 15.8. The van der Waals surface area contributed by atoms with Gasteiger partial charge in [0.05, 0.1) is 24.3 Å². The van der Waals surface area contributed by atoms with E-state index in [1.165, 1.54) is 10.4 Å². The fraction of sp³-hybridized carbons (Fsp3) is 0.333. The summed E-state index contributed by atoms with van der Waals surface area (Å²) in [6.45, 7) is 7.25. The molecule has 0 radical (unpaired) electrons. The predicted octanol–water partition coefficient (Wildman–Crippen LogP) is 4.35. The number of rotatable bonds is 3. The number of hydrazine groups is 1. The molecule has 4 rings (SSSR count). The lowest BCUT2D eigenvalue weighted by atomic mass is 10.2. The second-order valence-electron chi connectivity index (χ2n) is 5.99. The van der Waals surface area contributed by atoms with Gasteiger partial charge in [-0.05, 0) is 43.1 Å². The van der Waals surface area contributed by atoms with Crippen molar-refractivity contribution in [2.24, 2.45) is 0 Å². The number of para-hydroxylation sites is 1. The van der Waals surface area contributed by atoms with E-state index in [1.807, 2.05) is 18.2 Å². The first-order chi connectivity index (χ1) is 12.1. The maximum atomic E-state index is 6.27. The average Bonchev–Trinajstić information content (AvgIpc) is 2.91. The van der Waals surface area contributed by atoms with Gasteiger partial charge >= 0.3 is 0 Å². The SMILES string of the molecule is Cc1sc2nc(Cl)nc(N(c3ccccc3)N3CCOCC3)c2c1C. The molecule has 0 atom stereocenters. The summed E-state index contributed by atoms with van der Waals surface area (Å²) in [5.41, 5.74) is 2.27. The van der Waals surface area contributed by atoms with Crippen LogP contribution in [0.25, 0.3) is 10.2 Å². The maximum Gasteiger partial charge on any atom is 0.225 e. The molecule has 1 fully saturated rings. The van der Waals surface area contributed by atoms with Crippen molar-refractivity contribution < 1.29 is 4.74 Å². The zero-order valence-electron chi connectivity index (χ0n) is 14.2. The molecule has 2 aromatic heterocycles. The van der Waals surface area contributed by atoms with Crippen LogP contribution in [0.5, 0.6) is 0 Å². The molecule has 1 aliphatic heterocycles. The third-order valence-corrected chi connectivity index (χ3v) is 5.72.